The average Bonchev–Trinajstić information content (AvgIpc) is 2.73. The standard InChI is InChI=1S/C13H11BrN4/c14-10-2-1-3-11-12(10)18-13(17-11)7-4-8(15)6-9(16)5-7/h1-6H,15-16H2,(H,17,18). The van der Waals surface area contributed by atoms with Crippen LogP contribution in [0.25, 0.3) is 22.4 Å². The summed E-state index contributed by atoms with van der Waals surface area (Å²) in [7, 11) is 0. The van der Waals surface area contributed by atoms with Gasteiger partial charge in [-0.1, -0.05) is 6.07 Å². The van der Waals surface area contributed by atoms with Crippen molar-refractivity contribution < 1.29 is 0 Å². The van der Waals surface area contributed by atoms with Crippen LogP contribution in [-0.4, -0.2) is 9.97 Å². The Morgan fingerprint density at radius 1 is 1.06 bits per heavy atom. The van der Waals surface area contributed by atoms with E-state index in [2.05, 4.69) is 25.9 Å². The first-order valence-corrected chi connectivity index (χ1v) is 6.23. The van der Waals surface area contributed by atoms with Gasteiger partial charge in [0.15, 0.2) is 0 Å². The Hall–Kier alpha value is -2.01. The smallest absolute Gasteiger partial charge is 0.138 e. The van der Waals surface area contributed by atoms with Crippen molar-refractivity contribution in [3.8, 4) is 11.4 Å². The molecule has 3 aromatic rings. The SMILES string of the molecule is Nc1cc(N)cc(-c2nc3c(Br)cccc3[nH]2)c1. The fourth-order valence-corrected chi connectivity index (χ4v) is 2.40. The molecule has 90 valence electrons. The summed E-state index contributed by atoms with van der Waals surface area (Å²) in [5, 5.41) is 0. The quantitative estimate of drug-likeness (QED) is 0.604. The van der Waals surface area contributed by atoms with E-state index in [1.54, 1.807) is 6.07 Å². The number of nitrogen functional groups attached to an aromatic ring is 2. The molecule has 0 aliphatic rings. The highest BCUT2D eigenvalue weighted by molar-refractivity contribution is 9.10. The highest BCUT2D eigenvalue weighted by atomic mass is 79.9. The third kappa shape index (κ3) is 1.82. The Bertz CT molecular complexity index is 713. The molecule has 5 N–H and O–H groups in total. The van der Waals surface area contributed by atoms with Gasteiger partial charge < -0.3 is 16.5 Å². The van der Waals surface area contributed by atoms with Crippen LogP contribution in [0.3, 0.4) is 0 Å². The van der Waals surface area contributed by atoms with Crippen LogP contribution < -0.4 is 11.5 Å². The molecule has 0 spiro atoms. The van der Waals surface area contributed by atoms with E-state index in [0.717, 1.165) is 26.9 Å². The molecule has 0 radical (unpaired) electrons. The number of fused-ring (bicyclic) bond motifs is 1. The summed E-state index contributed by atoms with van der Waals surface area (Å²) in [6, 6.07) is 11.3. The molecule has 0 bridgehead atoms. The van der Waals surface area contributed by atoms with Crippen LogP contribution >= 0.6 is 15.9 Å². The van der Waals surface area contributed by atoms with Gasteiger partial charge in [-0.25, -0.2) is 4.98 Å². The average molecular weight is 303 g/mol. The molecule has 0 atom stereocenters. The first-order chi connectivity index (χ1) is 8.63. The van der Waals surface area contributed by atoms with Gasteiger partial charge >= 0.3 is 0 Å². The maximum Gasteiger partial charge on any atom is 0.138 e. The number of nitrogens with zero attached hydrogens (tertiary/aromatic N) is 1. The lowest BCUT2D eigenvalue weighted by atomic mass is 10.1. The number of aromatic amines is 1. The van der Waals surface area contributed by atoms with Gasteiger partial charge in [0.1, 0.15) is 11.3 Å². The number of anilines is 2. The third-order valence-electron chi connectivity index (χ3n) is 2.71. The van der Waals surface area contributed by atoms with Gasteiger partial charge in [0.05, 0.1) is 5.52 Å². The van der Waals surface area contributed by atoms with E-state index < -0.39 is 0 Å². The molecule has 1 aromatic heterocycles. The van der Waals surface area contributed by atoms with Crippen molar-refractivity contribution in [2.45, 2.75) is 0 Å². The van der Waals surface area contributed by atoms with Gasteiger partial charge in [-0.3, -0.25) is 0 Å². The minimum Gasteiger partial charge on any atom is -0.399 e. The van der Waals surface area contributed by atoms with Crippen LogP contribution in [0, 0.1) is 0 Å². The number of aromatic nitrogens is 2. The number of rotatable bonds is 1. The van der Waals surface area contributed by atoms with Crippen molar-refractivity contribution in [1.29, 1.82) is 0 Å². The summed E-state index contributed by atoms with van der Waals surface area (Å²) >= 11 is 3.48. The van der Waals surface area contributed by atoms with Gasteiger partial charge in [0.2, 0.25) is 0 Å². The predicted molar refractivity (Wildman–Crippen MR) is 78.1 cm³/mol. The maximum absolute atomic E-state index is 5.79. The molecule has 3 rings (SSSR count). The van der Waals surface area contributed by atoms with Crippen molar-refractivity contribution in [2.75, 3.05) is 11.5 Å². The minimum absolute atomic E-state index is 0.629. The largest absolute Gasteiger partial charge is 0.399 e. The van der Waals surface area contributed by atoms with Crippen LogP contribution in [0.4, 0.5) is 11.4 Å². The van der Waals surface area contributed by atoms with E-state index in [0.29, 0.717) is 11.4 Å². The first-order valence-electron chi connectivity index (χ1n) is 5.44. The van der Waals surface area contributed by atoms with E-state index >= 15 is 0 Å². The molecule has 5 heteroatoms. The monoisotopic (exact) mass is 302 g/mol. The van der Waals surface area contributed by atoms with Crippen LogP contribution in [0.1, 0.15) is 0 Å². The highest BCUT2D eigenvalue weighted by Crippen LogP contribution is 2.27. The molecule has 0 fully saturated rings. The van der Waals surface area contributed by atoms with E-state index in [9.17, 15) is 0 Å². The second-order valence-electron chi connectivity index (χ2n) is 4.11. The summed E-state index contributed by atoms with van der Waals surface area (Å²) in [4.78, 5) is 7.81. The summed E-state index contributed by atoms with van der Waals surface area (Å²) < 4.78 is 0.958. The molecule has 0 aliphatic heterocycles. The number of nitrogens with one attached hydrogen (secondary N) is 1. The number of hydrogen-bond acceptors (Lipinski definition) is 3. The number of H-pyrrole nitrogens is 1. The molecule has 2 aromatic carbocycles. The van der Waals surface area contributed by atoms with Gasteiger partial charge in [0.25, 0.3) is 0 Å². The van der Waals surface area contributed by atoms with E-state index in [1.165, 1.54) is 0 Å². The number of hydrogen-bond donors (Lipinski definition) is 3. The lowest BCUT2D eigenvalue weighted by Crippen LogP contribution is -1.92. The lowest BCUT2D eigenvalue weighted by molar-refractivity contribution is 1.34. The Morgan fingerprint density at radius 2 is 1.78 bits per heavy atom. The molecule has 0 unspecified atom stereocenters. The van der Waals surface area contributed by atoms with Crippen molar-refractivity contribution >= 4 is 38.3 Å². The Balaban J connectivity index is 2.22. The van der Waals surface area contributed by atoms with Gasteiger partial charge in [0, 0.05) is 21.4 Å². The molecule has 4 nitrogen and oxygen atoms in total. The first kappa shape index (κ1) is 11.1. The second kappa shape index (κ2) is 4.03. The maximum atomic E-state index is 5.79. The predicted octanol–water partition coefficient (Wildman–Crippen LogP) is 3.16. The number of para-hydroxylation sites is 1. The Labute approximate surface area is 112 Å². The molecule has 0 saturated carbocycles. The number of benzene rings is 2. The van der Waals surface area contributed by atoms with Crippen molar-refractivity contribution in [3.63, 3.8) is 0 Å². The molecule has 1 heterocycles. The summed E-state index contributed by atoms with van der Waals surface area (Å²) in [6.45, 7) is 0. The Kier molecular flexibility index (Phi) is 2.48. The summed E-state index contributed by atoms with van der Waals surface area (Å²) in [5.41, 5.74) is 15.6. The van der Waals surface area contributed by atoms with Gasteiger partial charge in [-0.05, 0) is 46.3 Å². The second-order valence-corrected chi connectivity index (χ2v) is 4.96. The zero-order chi connectivity index (χ0) is 12.7. The van der Waals surface area contributed by atoms with Crippen molar-refractivity contribution in [3.05, 3.63) is 40.9 Å². The normalized spacial score (nSPS) is 10.9. The van der Waals surface area contributed by atoms with E-state index in [-0.39, 0.29) is 0 Å². The number of imidazole rings is 1. The Morgan fingerprint density at radius 3 is 2.44 bits per heavy atom. The van der Waals surface area contributed by atoms with E-state index in [1.807, 2.05) is 30.3 Å². The molecule has 0 amide bonds. The van der Waals surface area contributed by atoms with Gasteiger partial charge in [-0.2, -0.15) is 0 Å². The number of nitrogens with two attached hydrogens (primary N) is 2. The fraction of sp³-hybridized carbons (Fsp3) is 0. The van der Waals surface area contributed by atoms with Crippen LogP contribution in [0.15, 0.2) is 40.9 Å². The van der Waals surface area contributed by atoms with Crippen molar-refractivity contribution in [1.82, 2.24) is 9.97 Å². The topological polar surface area (TPSA) is 80.7 Å². The van der Waals surface area contributed by atoms with Crippen molar-refractivity contribution in [2.24, 2.45) is 0 Å². The molecule has 0 saturated heterocycles. The minimum atomic E-state index is 0.629. The third-order valence-corrected chi connectivity index (χ3v) is 3.35. The molecule has 0 aliphatic carbocycles. The molecular weight excluding hydrogens is 292 g/mol. The van der Waals surface area contributed by atoms with Gasteiger partial charge in [-0.15, -0.1) is 0 Å². The lowest BCUT2D eigenvalue weighted by Gasteiger charge is -2.01. The zero-order valence-electron chi connectivity index (χ0n) is 9.44. The van der Waals surface area contributed by atoms with Crippen LogP contribution in [-0.2, 0) is 0 Å². The fourth-order valence-electron chi connectivity index (χ4n) is 1.95. The summed E-state index contributed by atoms with van der Waals surface area (Å²) in [5.74, 6) is 0.760. The van der Waals surface area contributed by atoms with Crippen LogP contribution in [0.2, 0.25) is 0 Å². The highest BCUT2D eigenvalue weighted by Gasteiger charge is 2.08. The van der Waals surface area contributed by atoms with Crippen LogP contribution in [0.5, 0.6) is 0 Å². The van der Waals surface area contributed by atoms with E-state index in [4.69, 9.17) is 11.5 Å². The summed E-state index contributed by atoms with van der Waals surface area (Å²) in [6.07, 6.45) is 0. The zero-order valence-corrected chi connectivity index (χ0v) is 11.0. The molecular formula is C13H11BrN4. The molecule has 18 heavy (non-hydrogen) atoms. The number of halogens is 1.